The largest absolute Gasteiger partial charge is 0.573 e. The van der Waals surface area contributed by atoms with E-state index in [9.17, 15) is 13.2 Å². The Hall–Kier alpha value is -3.31. The molecule has 1 aromatic heterocycles. The summed E-state index contributed by atoms with van der Waals surface area (Å²) < 4.78 is 58.4. The number of hydrogen-bond acceptors (Lipinski definition) is 8. The number of alkyl halides is 3. The fourth-order valence-corrected chi connectivity index (χ4v) is 3.89. The van der Waals surface area contributed by atoms with Gasteiger partial charge in [0, 0.05) is 36.7 Å². The number of methoxy groups -OCH3 is 2. The molecule has 0 spiro atoms. The Balaban J connectivity index is 1.64. The molecule has 0 bridgehead atoms. The van der Waals surface area contributed by atoms with Crippen LogP contribution in [-0.2, 0) is 4.74 Å². The van der Waals surface area contributed by atoms with E-state index in [0.717, 1.165) is 39.3 Å². The second-order valence-electron chi connectivity index (χ2n) is 7.93. The van der Waals surface area contributed by atoms with Crippen molar-refractivity contribution in [3.63, 3.8) is 0 Å². The minimum Gasteiger partial charge on any atom is -0.493 e. The Morgan fingerprint density at radius 1 is 1.03 bits per heavy atom. The molecular weight excluding hydrogens is 465 g/mol. The zero-order valence-electron chi connectivity index (χ0n) is 19.5. The maximum absolute atomic E-state index is 12.7. The smallest absolute Gasteiger partial charge is 0.493 e. The zero-order chi connectivity index (χ0) is 24.8. The van der Waals surface area contributed by atoms with Crippen LogP contribution < -0.4 is 19.5 Å². The van der Waals surface area contributed by atoms with Crippen LogP contribution in [0.3, 0.4) is 0 Å². The van der Waals surface area contributed by atoms with Crippen molar-refractivity contribution in [2.45, 2.75) is 12.8 Å². The van der Waals surface area contributed by atoms with Crippen molar-refractivity contribution in [2.75, 3.05) is 58.9 Å². The maximum atomic E-state index is 12.7. The van der Waals surface area contributed by atoms with Gasteiger partial charge in [-0.1, -0.05) is 12.1 Å². The molecular formula is C24H27F3N4O4. The lowest BCUT2D eigenvalue weighted by molar-refractivity contribution is -0.274. The summed E-state index contributed by atoms with van der Waals surface area (Å²) in [5.41, 5.74) is 0.949. The average Bonchev–Trinajstić information content (AvgIpc) is 2.85. The fraction of sp³-hybridized carbons (Fsp3) is 0.417. The van der Waals surface area contributed by atoms with Crippen molar-refractivity contribution in [3.8, 4) is 28.6 Å². The highest BCUT2D eigenvalue weighted by Gasteiger charge is 2.31. The number of benzene rings is 2. The third-order valence-electron chi connectivity index (χ3n) is 5.57. The standard InChI is InChI=1S/C24H27F3N4O4/c1-32-20-14-18-19(15-21(20)33-2)29-22(16-5-3-6-17(13-16)35-24(25,26)27)30-23(18)28-7-4-8-31-9-11-34-12-10-31/h3,5-6,13-15H,4,7-12H2,1-2H3,(H,28,29,30). The summed E-state index contributed by atoms with van der Waals surface area (Å²) in [6, 6.07) is 9.09. The van der Waals surface area contributed by atoms with Crippen LogP contribution in [0.15, 0.2) is 36.4 Å². The topological polar surface area (TPSA) is 78.0 Å². The Labute approximate surface area is 201 Å². The van der Waals surface area contributed by atoms with E-state index in [4.69, 9.17) is 14.2 Å². The van der Waals surface area contributed by atoms with Gasteiger partial charge in [0.2, 0.25) is 0 Å². The molecule has 1 saturated heterocycles. The Morgan fingerprint density at radius 3 is 2.49 bits per heavy atom. The van der Waals surface area contributed by atoms with Crippen LogP contribution in [0.5, 0.6) is 17.2 Å². The van der Waals surface area contributed by atoms with E-state index >= 15 is 0 Å². The molecule has 3 aromatic rings. The van der Waals surface area contributed by atoms with Crippen LogP contribution in [0.2, 0.25) is 0 Å². The maximum Gasteiger partial charge on any atom is 0.573 e. The van der Waals surface area contributed by atoms with Crippen molar-refractivity contribution in [2.24, 2.45) is 0 Å². The van der Waals surface area contributed by atoms with Crippen molar-refractivity contribution in [1.29, 1.82) is 0 Å². The first-order valence-electron chi connectivity index (χ1n) is 11.2. The molecule has 1 aliphatic heterocycles. The number of ether oxygens (including phenoxy) is 4. The number of nitrogens with one attached hydrogen (secondary N) is 1. The summed E-state index contributed by atoms with van der Waals surface area (Å²) in [4.78, 5) is 11.6. The number of anilines is 1. The number of aromatic nitrogens is 2. The summed E-state index contributed by atoms with van der Waals surface area (Å²) >= 11 is 0. The summed E-state index contributed by atoms with van der Waals surface area (Å²) in [5.74, 6) is 1.47. The molecule has 11 heteroatoms. The Bertz CT molecular complexity index is 1150. The quantitative estimate of drug-likeness (QED) is 0.442. The second kappa shape index (κ2) is 11.0. The van der Waals surface area contributed by atoms with E-state index in [1.165, 1.54) is 25.3 Å². The van der Waals surface area contributed by atoms with E-state index < -0.39 is 6.36 Å². The van der Waals surface area contributed by atoms with Gasteiger partial charge in [-0.2, -0.15) is 0 Å². The van der Waals surface area contributed by atoms with Gasteiger partial charge in [0.15, 0.2) is 17.3 Å². The molecule has 1 fully saturated rings. The van der Waals surface area contributed by atoms with Gasteiger partial charge >= 0.3 is 6.36 Å². The molecule has 188 valence electrons. The summed E-state index contributed by atoms with van der Waals surface area (Å²) in [5, 5.41) is 4.07. The van der Waals surface area contributed by atoms with Crippen LogP contribution in [0, 0.1) is 0 Å². The zero-order valence-corrected chi connectivity index (χ0v) is 19.5. The van der Waals surface area contributed by atoms with Crippen LogP contribution in [0.4, 0.5) is 19.0 Å². The minimum atomic E-state index is -4.79. The molecule has 2 heterocycles. The van der Waals surface area contributed by atoms with E-state index in [0.29, 0.717) is 40.3 Å². The highest BCUT2D eigenvalue weighted by Crippen LogP contribution is 2.36. The molecule has 0 unspecified atom stereocenters. The van der Waals surface area contributed by atoms with Gasteiger partial charge in [0.1, 0.15) is 11.6 Å². The van der Waals surface area contributed by atoms with E-state index in [1.54, 1.807) is 25.3 Å². The molecule has 2 aromatic carbocycles. The summed E-state index contributed by atoms with van der Waals surface area (Å²) in [6.07, 6.45) is -3.91. The van der Waals surface area contributed by atoms with Gasteiger partial charge in [0.05, 0.1) is 33.0 Å². The van der Waals surface area contributed by atoms with Gasteiger partial charge in [-0.15, -0.1) is 13.2 Å². The number of morpholine rings is 1. The van der Waals surface area contributed by atoms with Crippen LogP contribution in [-0.4, -0.2) is 74.8 Å². The molecule has 0 saturated carbocycles. The molecule has 4 rings (SSSR count). The average molecular weight is 492 g/mol. The molecule has 0 amide bonds. The molecule has 8 nitrogen and oxygen atoms in total. The molecule has 0 radical (unpaired) electrons. The molecule has 1 aliphatic rings. The third kappa shape index (κ3) is 6.43. The van der Waals surface area contributed by atoms with Gasteiger partial charge in [-0.3, -0.25) is 4.90 Å². The number of hydrogen-bond donors (Lipinski definition) is 1. The predicted molar refractivity (Wildman–Crippen MR) is 125 cm³/mol. The van der Waals surface area contributed by atoms with Crippen molar-refractivity contribution >= 4 is 16.7 Å². The van der Waals surface area contributed by atoms with Crippen molar-refractivity contribution in [3.05, 3.63) is 36.4 Å². The van der Waals surface area contributed by atoms with Gasteiger partial charge in [-0.25, -0.2) is 9.97 Å². The first-order valence-corrected chi connectivity index (χ1v) is 11.2. The lowest BCUT2D eigenvalue weighted by atomic mass is 10.1. The molecule has 0 atom stereocenters. The first-order chi connectivity index (χ1) is 16.9. The number of fused-ring (bicyclic) bond motifs is 1. The number of rotatable bonds is 9. The van der Waals surface area contributed by atoms with Crippen molar-refractivity contribution < 1.29 is 32.1 Å². The molecule has 1 N–H and O–H groups in total. The van der Waals surface area contributed by atoms with Gasteiger partial charge in [-0.05, 0) is 31.2 Å². The normalized spacial score (nSPS) is 14.7. The van der Waals surface area contributed by atoms with E-state index in [-0.39, 0.29) is 11.6 Å². The minimum absolute atomic E-state index is 0.257. The Kier molecular flexibility index (Phi) is 7.76. The van der Waals surface area contributed by atoms with Gasteiger partial charge < -0.3 is 24.3 Å². The fourth-order valence-electron chi connectivity index (χ4n) is 3.89. The van der Waals surface area contributed by atoms with Crippen LogP contribution >= 0.6 is 0 Å². The first kappa shape index (κ1) is 24.8. The van der Waals surface area contributed by atoms with Gasteiger partial charge in [0.25, 0.3) is 0 Å². The SMILES string of the molecule is COc1cc2nc(-c3cccc(OC(F)(F)F)c3)nc(NCCCN3CCOCC3)c2cc1OC. The monoisotopic (exact) mass is 492 g/mol. The summed E-state index contributed by atoms with van der Waals surface area (Å²) in [6.45, 7) is 4.87. The lowest BCUT2D eigenvalue weighted by Crippen LogP contribution is -2.37. The van der Waals surface area contributed by atoms with E-state index in [1.807, 2.05) is 0 Å². The van der Waals surface area contributed by atoms with Crippen LogP contribution in [0.25, 0.3) is 22.3 Å². The van der Waals surface area contributed by atoms with E-state index in [2.05, 4.69) is 24.9 Å². The van der Waals surface area contributed by atoms with Crippen molar-refractivity contribution in [1.82, 2.24) is 14.9 Å². The lowest BCUT2D eigenvalue weighted by Gasteiger charge is -2.26. The number of halogens is 3. The summed E-state index contributed by atoms with van der Waals surface area (Å²) in [7, 11) is 3.06. The number of nitrogens with zero attached hydrogens (tertiary/aromatic N) is 3. The highest BCUT2D eigenvalue weighted by atomic mass is 19.4. The molecule has 35 heavy (non-hydrogen) atoms. The Morgan fingerprint density at radius 2 is 1.77 bits per heavy atom. The highest BCUT2D eigenvalue weighted by molar-refractivity contribution is 5.93. The van der Waals surface area contributed by atoms with Crippen LogP contribution in [0.1, 0.15) is 6.42 Å². The predicted octanol–water partition coefficient (Wildman–Crippen LogP) is 4.35. The second-order valence-corrected chi connectivity index (χ2v) is 7.93. The third-order valence-corrected chi connectivity index (χ3v) is 5.57. The molecule has 0 aliphatic carbocycles.